The first-order valence-electron chi connectivity index (χ1n) is 7.63. The molecule has 1 aliphatic carbocycles. The highest BCUT2D eigenvalue weighted by Crippen LogP contribution is 2.30. The van der Waals surface area contributed by atoms with Crippen LogP contribution < -0.4 is 5.32 Å². The number of nitrogens with one attached hydrogen (secondary N) is 1. The van der Waals surface area contributed by atoms with Crippen molar-refractivity contribution in [1.82, 2.24) is 14.7 Å². The summed E-state index contributed by atoms with van der Waals surface area (Å²) < 4.78 is 15.0. The molecule has 2 heterocycles. The molecule has 0 unspecified atom stereocenters. The van der Waals surface area contributed by atoms with Gasteiger partial charge in [-0.1, -0.05) is 11.3 Å². The van der Waals surface area contributed by atoms with Crippen LogP contribution in [0.15, 0.2) is 30.5 Å². The van der Waals surface area contributed by atoms with Crippen molar-refractivity contribution in [3.63, 3.8) is 0 Å². The van der Waals surface area contributed by atoms with Gasteiger partial charge in [0.2, 0.25) is 5.91 Å². The highest BCUT2D eigenvalue weighted by atomic mass is 32.1. The van der Waals surface area contributed by atoms with E-state index in [1.165, 1.54) is 12.1 Å². The third kappa shape index (κ3) is 2.74. The minimum absolute atomic E-state index is 0.155. The largest absolute Gasteiger partial charge is 0.351 e. The highest BCUT2D eigenvalue weighted by molar-refractivity contribution is 7.17. The van der Waals surface area contributed by atoms with Gasteiger partial charge in [0.1, 0.15) is 5.82 Å². The van der Waals surface area contributed by atoms with E-state index >= 15 is 0 Å². The molecule has 0 radical (unpaired) electrons. The minimum Gasteiger partial charge on any atom is -0.351 e. The number of imidazole rings is 1. The normalized spacial score (nSPS) is 14.3. The molecule has 1 N–H and O–H groups in total. The Balaban J connectivity index is 1.58. The van der Waals surface area contributed by atoms with Crippen LogP contribution in [-0.2, 0) is 11.3 Å². The van der Waals surface area contributed by atoms with Crippen molar-refractivity contribution in [2.24, 2.45) is 5.92 Å². The molecular weight excluding hydrogens is 313 g/mol. The fraction of sp³-hybridized carbons (Fsp3) is 0.294. The van der Waals surface area contributed by atoms with E-state index < -0.39 is 0 Å². The molecule has 3 aromatic rings. The topological polar surface area (TPSA) is 46.4 Å². The summed E-state index contributed by atoms with van der Waals surface area (Å²) in [5.74, 6) is 0.131. The number of hydrogen-bond acceptors (Lipinski definition) is 3. The maximum Gasteiger partial charge on any atom is 0.223 e. The van der Waals surface area contributed by atoms with Gasteiger partial charge in [0.05, 0.1) is 12.2 Å². The SMILES string of the molecule is Cc1c(CNC(=O)C2CC2)sc2nc(-c3ccc(F)cc3)cn12. The van der Waals surface area contributed by atoms with E-state index in [9.17, 15) is 9.18 Å². The number of benzene rings is 1. The number of rotatable bonds is 4. The molecule has 0 saturated heterocycles. The second kappa shape index (κ2) is 5.45. The Morgan fingerprint density at radius 3 is 2.78 bits per heavy atom. The van der Waals surface area contributed by atoms with Crippen molar-refractivity contribution in [2.45, 2.75) is 26.3 Å². The molecule has 1 amide bonds. The molecule has 4 nitrogen and oxygen atoms in total. The Kier molecular flexibility index (Phi) is 3.41. The molecular formula is C17H16FN3OS. The van der Waals surface area contributed by atoms with E-state index in [0.717, 1.165) is 39.6 Å². The first-order chi connectivity index (χ1) is 11.1. The Labute approximate surface area is 137 Å². The van der Waals surface area contributed by atoms with Crippen LogP contribution in [0, 0.1) is 18.7 Å². The number of hydrogen-bond donors (Lipinski definition) is 1. The summed E-state index contributed by atoms with van der Waals surface area (Å²) in [6.07, 6.45) is 3.99. The van der Waals surface area contributed by atoms with Crippen LogP contribution in [-0.4, -0.2) is 15.3 Å². The highest BCUT2D eigenvalue weighted by Gasteiger charge is 2.29. The average molecular weight is 329 g/mol. The van der Waals surface area contributed by atoms with E-state index in [-0.39, 0.29) is 17.6 Å². The fourth-order valence-corrected chi connectivity index (χ4v) is 3.62. The van der Waals surface area contributed by atoms with Crippen LogP contribution in [0.1, 0.15) is 23.4 Å². The molecule has 23 heavy (non-hydrogen) atoms. The summed E-state index contributed by atoms with van der Waals surface area (Å²) in [6, 6.07) is 6.34. The predicted octanol–water partition coefficient (Wildman–Crippen LogP) is 3.54. The molecule has 118 valence electrons. The summed E-state index contributed by atoms with van der Waals surface area (Å²) in [5, 5.41) is 2.99. The summed E-state index contributed by atoms with van der Waals surface area (Å²) >= 11 is 1.58. The van der Waals surface area contributed by atoms with Crippen LogP contribution >= 0.6 is 11.3 Å². The quantitative estimate of drug-likeness (QED) is 0.796. The molecule has 1 fully saturated rings. The lowest BCUT2D eigenvalue weighted by atomic mass is 10.2. The first kappa shape index (κ1) is 14.4. The number of halogens is 1. The van der Waals surface area contributed by atoms with E-state index in [0.29, 0.717) is 6.54 Å². The lowest BCUT2D eigenvalue weighted by molar-refractivity contribution is -0.122. The van der Waals surface area contributed by atoms with Gasteiger partial charge in [0, 0.05) is 28.2 Å². The van der Waals surface area contributed by atoms with Gasteiger partial charge < -0.3 is 5.32 Å². The number of aromatic nitrogens is 2. The molecule has 1 aliphatic rings. The summed E-state index contributed by atoms with van der Waals surface area (Å²) in [6.45, 7) is 2.58. The van der Waals surface area contributed by atoms with Crippen molar-refractivity contribution in [3.05, 3.63) is 46.9 Å². The predicted molar refractivity (Wildman–Crippen MR) is 87.8 cm³/mol. The molecule has 0 spiro atoms. The Morgan fingerprint density at radius 1 is 1.39 bits per heavy atom. The molecule has 4 rings (SSSR count). The van der Waals surface area contributed by atoms with Crippen molar-refractivity contribution in [1.29, 1.82) is 0 Å². The van der Waals surface area contributed by atoms with Crippen LogP contribution in [0.2, 0.25) is 0 Å². The zero-order chi connectivity index (χ0) is 16.0. The molecule has 1 aromatic carbocycles. The fourth-order valence-electron chi connectivity index (χ4n) is 2.57. The lowest BCUT2D eigenvalue weighted by Crippen LogP contribution is -2.24. The molecule has 0 aliphatic heterocycles. The van der Waals surface area contributed by atoms with Gasteiger partial charge >= 0.3 is 0 Å². The van der Waals surface area contributed by atoms with Gasteiger partial charge in [-0.05, 0) is 44.0 Å². The third-order valence-corrected chi connectivity index (χ3v) is 5.32. The standard InChI is InChI=1S/C17H16FN3OS/c1-10-15(8-19-16(22)12-2-3-12)23-17-20-14(9-21(10)17)11-4-6-13(18)7-5-11/h4-7,9,12H,2-3,8H2,1H3,(H,19,22). The van der Waals surface area contributed by atoms with Crippen LogP contribution in [0.3, 0.4) is 0 Å². The number of carbonyl (C=O) groups is 1. The molecule has 6 heteroatoms. The number of thiazole rings is 1. The number of carbonyl (C=O) groups excluding carboxylic acids is 1. The van der Waals surface area contributed by atoms with Crippen molar-refractivity contribution in [3.8, 4) is 11.3 Å². The Bertz CT molecular complexity index is 877. The average Bonchev–Trinajstić information content (AvgIpc) is 3.25. The van der Waals surface area contributed by atoms with Gasteiger partial charge in [-0.2, -0.15) is 0 Å². The number of aryl methyl sites for hydroxylation is 1. The second-order valence-electron chi connectivity index (χ2n) is 5.89. The number of nitrogens with zero attached hydrogens (tertiary/aromatic N) is 2. The van der Waals surface area contributed by atoms with Gasteiger partial charge in [-0.3, -0.25) is 9.20 Å². The lowest BCUT2D eigenvalue weighted by Gasteiger charge is -2.03. The summed E-state index contributed by atoms with van der Waals surface area (Å²) in [4.78, 5) is 18.4. The smallest absolute Gasteiger partial charge is 0.223 e. The first-order valence-corrected chi connectivity index (χ1v) is 8.44. The molecule has 0 atom stereocenters. The van der Waals surface area contributed by atoms with Crippen molar-refractivity contribution < 1.29 is 9.18 Å². The van der Waals surface area contributed by atoms with Gasteiger partial charge in [0.25, 0.3) is 0 Å². The maximum absolute atomic E-state index is 13.0. The van der Waals surface area contributed by atoms with Gasteiger partial charge in [0.15, 0.2) is 4.96 Å². The minimum atomic E-state index is -0.250. The summed E-state index contributed by atoms with van der Waals surface area (Å²) in [7, 11) is 0. The summed E-state index contributed by atoms with van der Waals surface area (Å²) in [5.41, 5.74) is 2.81. The monoisotopic (exact) mass is 329 g/mol. The zero-order valence-corrected chi connectivity index (χ0v) is 13.5. The number of fused-ring (bicyclic) bond motifs is 1. The number of amides is 1. The van der Waals surface area contributed by atoms with E-state index in [1.807, 2.05) is 17.5 Å². The van der Waals surface area contributed by atoms with Crippen molar-refractivity contribution in [2.75, 3.05) is 0 Å². The van der Waals surface area contributed by atoms with E-state index in [2.05, 4.69) is 10.3 Å². The van der Waals surface area contributed by atoms with Crippen LogP contribution in [0.25, 0.3) is 16.2 Å². The zero-order valence-electron chi connectivity index (χ0n) is 12.7. The van der Waals surface area contributed by atoms with E-state index in [4.69, 9.17) is 0 Å². The molecule has 1 saturated carbocycles. The molecule has 2 aromatic heterocycles. The van der Waals surface area contributed by atoms with Crippen LogP contribution in [0.5, 0.6) is 0 Å². The van der Waals surface area contributed by atoms with E-state index in [1.54, 1.807) is 23.5 Å². The second-order valence-corrected chi connectivity index (χ2v) is 6.95. The van der Waals surface area contributed by atoms with Gasteiger partial charge in [-0.15, -0.1) is 0 Å². The van der Waals surface area contributed by atoms with Crippen molar-refractivity contribution >= 4 is 22.2 Å². The molecule has 0 bridgehead atoms. The Morgan fingerprint density at radius 2 is 2.13 bits per heavy atom. The van der Waals surface area contributed by atoms with Crippen LogP contribution in [0.4, 0.5) is 4.39 Å². The van der Waals surface area contributed by atoms with Gasteiger partial charge in [-0.25, -0.2) is 9.37 Å². The maximum atomic E-state index is 13.0. The third-order valence-electron chi connectivity index (χ3n) is 4.16. The Hall–Kier alpha value is -2.21.